The van der Waals surface area contributed by atoms with E-state index in [1.54, 1.807) is 26.8 Å². The minimum absolute atomic E-state index is 0.147. The molecule has 6 heteroatoms. The Labute approximate surface area is 125 Å². The molecule has 1 aliphatic carbocycles. The maximum Gasteiger partial charge on any atom is 0.408 e. The number of carbonyl (C=O) groups is 2. The molecule has 1 aliphatic rings. The van der Waals surface area contributed by atoms with Crippen LogP contribution in [0.5, 0.6) is 0 Å². The molecule has 6 nitrogen and oxygen atoms in total. The molecule has 0 radical (unpaired) electrons. The molecule has 120 valence electrons. The zero-order chi connectivity index (χ0) is 16.0. The lowest BCUT2D eigenvalue weighted by Gasteiger charge is -2.28. The lowest BCUT2D eigenvalue weighted by Crippen LogP contribution is -2.50. The Bertz CT molecular complexity index is 388. The third-order valence-electron chi connectivity index (χ3n) is 3.45. The van der Waals surface area contributed by atoms with Crippen LogP contribution < -0.4 is 5.32 Å². The second kappa shape index (κ2) is 7.45. The topological polar surface area (TPSA) is 84.9 Å². The van der Waals surface area contributed by atoms with Crippen molar-refractivity contribution < 1.29 is 24.2 Å². The summed E-state index contributed by atoms with van der Waals surface area (Å²) in [4.78, 5) is 23.1. The number of aliphatic carboxylic acids is 1. The number of carboxylic acids is 1. The lowest BCUT2D eigenvalue weighted by molar-refractivity contribution is -0.142. The number of carboxylic acid groups (broad SMARTS) is 1. The molecule has 3 atom stereocenters. The van der Waals surface area contributed by atoms with E-state index < -0.39 is 23.5 Å². The summed E-state index contributed by atoms with van der Waals surface area (Å²) in [6, 6.07) is -1.00. The summed E-state index contributed by atoms with van der Waals surface area (Å²) in [7, 11) is 0. The zero-order valence-electron chi connectivity index (χ0n) is 12.9. The molecule has 0 aromatic carbocycles. The van der Waals surface area contributed by atoms with Gasteiger partial charge < -0.3 is 19.9 Å². The fraction of sp³-hybridized carbons (Fsp3) is 0.733. The van der Waals surface area contributed by atoms with Crippen LogP contribution in [0.15, 0.2) is 12.7 Å². The Hall–Kier alpha value is -1.56. The molecule has 0 aromatic rings. The Kier molecular flexibility index (Phi) is 6.20. The van der Waals surface area contributed by atoms with E-state index in [0.717, 1.165) is 19.3 Å². The number of amides is 1. The summed E-state index contributed by atoms with van der Waals surface area (Å²) in [5.74, 6) is -1.08. The van der Waals surface area contributed by atoms with Gasteiger partial charge in [-0.1, -0.05) is 26.8 Å². The highest BCUT2D eigenvalue weighted by Gasteiger charge is 2.36. The van der Waals surface area contributed by atoms with Crippen molar-refractivity contribution in [2.75, 3.05) is 6.61 Å². The second-order valence-electron chi connectivity index (χ2n) is 6.32. The van der Waals surface area contributed by atoms with E-state index in [-0.39, 0.29) is 12.2 Å². The van der Waals surface area contributed by atoms with Crippen LogP contribution in [-0.4, -0.2) is 42.0 Å². The van der Waals surface area contributed by atoms with Crippen LogP contribution in [0.1, 0.15) is 40.0 Å². The van der Waals surface area contributed by atoms with Crippen LogP contribution in [-0.2, 0) is 14.3 Å². The van der Waals surface area contributed by atoms with Crippen molar-refractivity contribution >= 4 is 12.1 Å². The molecule has 1 amide bonds. The standard InChI is InChI=1S/C15H25NO5/c1-5-9-20-10-7-6-8-11(10)21-14(19)16-12(13(17)18)15(2,3)4/h5,10-12H,1,6-9H2,2-4H3,(H,16,19)(H,17,18). The van der Waals surface area contributed by atoms with Gasteiger partial charge in [0.2, 0.25) is 0 Å². The number of nitrogens with one attached hydrogen (secondary N) is 1. The van der Waals surface area contributed by atoms with Crippen molar-refractivity contribution in [2.45, 2.75) is 58.3 Å². The van der Waals surface area contributed by atoms with Gasteiger partial charge in [-0.05, 0) is 24.7 Å². The van der Waals surface area contributed by atoms with Gasteiger partial charge in [-0.3, -0.25) is 0 Å². The Balaban J connectivity index is 2.55. The molecule has 0 saturated heterocycles. The predicted molar refractivity (Wildman–Crippen MR) is 78.1 cm³/mol. The summed E-state index contributed by atoms with van der Waals surface area (Å²) in [5, 5.41) is 11.6. The van der Waals surface area contributed by atoms with Crippen molar-refractivity contribution in [1.29, 1.82) is 0 Å². The fourth-order valence-corrected chi connectivity index (χ4v) is 2.35. The van der Waals surface area contributed by atoms with Crippen LogP contribution in [0.2, 0.25) is 0 Å². The first kappa shape index (κ1) is 17.5. The summed E-state index contributed by atoms with van der Waals surface area (Å²) in [5.41, 5.74) is -0.598. The molecule has 1 saturated carbocycles. The van der Waals surface area contributed by atoms with Gasteiger partial charge in [-0.2, -0.15) is 0 Å². The monoisotopic (exact) mass is 299 g/mol. The average Bonchev–Trinajstić information content (AvgIpc) is 2.79. The molecular formula is C15H25NO5. The third-order valence-corrected chi connectivity index (χ3v) is 3.45. The van der Waals surface area contributed by atoms with Crippen molar-refractivity contribution in [1.82, 2.24) is 5.32 Å². The van der Waals surface area contributed by atoms with Crippen molar-refractivity contribution in [2.24, 2.45) is 5.41 Å². The zero-order valence-corrected chi connectivity index (χ0v) is 12.9. The smallest absolute Gasteiger partial charge is 0.408 e. The normalized spacial score (nSPS) is 23.4. The van der Waals surface area contributed by atoms with Gasteiger partial charge >= 0.3 is 12.1 Å². The molecule has 0 spiro atoms. The maximum atomic E-state index is 11.9. The van der Waals surface area contributed by atoms with Crippen LogP contribution in [0.4, 0.5) is 4.79 Å². The van der Waals surface area contributed by atoms with E-state index in [9.17, 15) is 14.7 Å². The van der Waals surface area contributed by atoms with Crippen molar-refractivity contribution in [3.63, 3.8) is 0 Å². The first-order valence-corrected chi connectivity index (χ1v) is 7.18. The summed E-state index contributed by atoms with van der Waals surface area (Å²) >= 11 is 0. The first-order valence-electron chi connectivity index (χ1n) is 7.18. The third kappa shape index (κ3) is 5.38. The van der Waals surface area contributed by atoms with Crippen LogP contribution >= 0.6 is 0 Å². The summed E-state index contributed by atoms with van der Waals surface area (Å²) in [6.07, 6.45) is 2.93. The summed E-state index contributed by atoms with van der Waals surface area (Å²) < 4.78 is 10.9. The van der Waals surface area contributed by atoms with Gasteiger partial charge in [-0.25, -0.2) is 9.59 Å². The van der Waals surface area contributed by atoms with Gasteiger partial charge in [0.05, 0.1) is 12.7 Å². The SMILES string of the molecule is C=CCOC1CCCC1OC(=O)NC(C(=O)O)C(C)(C)C. The first-order chi connectivity index (χ1) is 9.75. The number of hydrogen-bond acceptors (Lipinski definition) is 4. The fourth-order valence-electron chi connectivity index (χ4n) is 2.35. The highest BCUT2D eigenvalue weighted by atomic mass is 16.6. The molecule has 2 N–H and O–H groups in total. The molecule has 0 bridgehead atoms. The van der Waals surface area contributed by atoms with Gasteiger partial charge in [0.15, 0.2) is 0 Å². The lowest BCUT2D eigenvalue weighted by atomic mass is 9.87. The number of ether oxygens (including phenoxy) is 2. The van der Waals surface area contributed by atoms with Crippen LogP contribution in [0.25, 0.3) is 0 Å². The molecule has 21 heavy (non-hydrogen) atoms. The average molecular weight is 299 g/mol. The van der Waals surface area contributed by atoms with Crippen LogP contribution in [0.3, 0.4) is 0 Å². The van der Waals surface area contributed by atoms with Crippen molar-refractivity contribution in [3.05, 3.63) is 12.7 Å². The molecular weight excluding hydrogens is 274 g/mol. The van der Waals surface area contributed by atoms with E-state index in [1.165, 1.54) is 0 Å². The molecule has 0 aliphatic heterocycles. The number of alkyl carbamates (subject to hydrolysis) is 1. The Morgan fingerprint density at radius 2 is 2.00 bits per heavy atom. The van der Waals surface area contributed by atoms with Crippen molar-refractivity contribution in [3.8, 4) is 0 Å². The molecule has 0 heterocycles. The van der Waals surface area contributed by atoms with E-state index >= 15 is 0 Å². The van der Waals surface area contributed by atoms with Gasteiger partial charge in [0.1, 0.15) is 12.1 Å². The van der Waals surface area contributed by atoms with Gasteiger partial charge in [-0.15, -0.1) is 6.58 Å². The van der Waals surface area contributed by atoms with Gasteiger partial charge in [0.25, 0.3) is 0 Å². The van der Waals surface area contributed by atoms with Gasteiger partial charge in [0, 0.05) is 0 Å². The van der Waals surface area contributed by atoms with E-state index in [4.69, 9.17) is 9.47 Å². The number of rotatable bonds is 6. The highest BCUT2D eigenvalue weighted by molar-refractivity contribution is 5.80. The Morgan fingerprint density at radius 3 is 2.52 bits per heavy atom. The molecule has 1 rings (SSSR count). The molecule has 1 fully saturated rings. The largest absolute Gasteiger partial charge is 0.480 e. The number of hydrogen-bond donors (Lipinski definition) is 2. The Morgan fingerprint density at radius 1 is 1.38 bits per heavy atom. The second-order valence-corrected chi connectivity index (χ2v) is 6.32. The minimum atomic E-state index is -1.08. The molecule has 3 unspecified atom stereocenters. The predicted octanol–water partition coefficient (Wildman–Crippen LogP) is 2.34. The van der Waals surface area contributed by atoms with E-state index in [1.807, 2.05) is 0 Å². The maximum absolute atomic E-state index is 11.9. The number of carbonyl (C=O) groups excluding carboxylic acids is 1. The highest BCUT2D eigenvalue weighted by Crippen LogP contribution is 2.25. The summed E-state index contributed by atoms with van der Waals surface area (Å²) in [6.45, 7) is 9.23. The minimum Gasteiger partial charge on any atom is -0.480 e. The van der Waals surface area contributed by atoms with E-state index in [0.29, 0.717) is 6.61 Å². The van der Waals surface area contributed by atoms with Crippen LogP contribution in [0, 0.1) is 5.41 Å². The van der Waals surface area contributed by atoms with E-state index in [2.05, 4.69) is 11.9 Å². The quantitative estimate of drug-likeness (QED) is 0.735. The molecule has 0 aromatic heterocycles.